The molecule has 4 nitrogen and oxygen atoms in total. The summed E-state index contributed by atoms with van der Waals surface area (Å²) in [4.78, 5) is 15.9. The fraction of sp³-hybridized carbons (Fsp3) is 0.200. The van der Waals surface area contributed by atoms with Gasteiger partial charge in [0.25, 0.3) is 0 Å². The van der Waals surface area contributed by atoms with Crippen LogP contribution in [-0.4, -0.2) is 18.1 Å². The lowest BCUT2D eigenvalue weighted by molar-refractivity contribution is 0.0601. The second-order valence-corrected chi connectivity index (χ2v) is 5.14. The van der Waals surface area contributed by atoms with Gasteiger partial charge < -0.3 is 10.1 Å². The second-order valence-electron chi connectivity index (χ2n) is 4.33. The van der Waals surface area contributed by atoms with Gasteiger partial charge in [0.15, 0.2) is 0 Å². The van der Waals surface area contributed by atoms with Crippen LogP contribution < -0.4 is 5.32 Å². The monoisotopic (exact) mass is 334 g/mol. The van der Waals surface area contributed by atoms with Crippen LogP contribution in [0.2, 0.25) is 0 Å². The minimum atomic E-state index is -0.339. The number of pyridine rings is 1. The Bertz CT molecular complexity index is 629. The maximum atomic E-state index is 11.5. The van der Waals surface area contributed by atoms with Crippen molar-refractivity contribution < 1.29 is 9.53 Å². The van der Waals surface area contributed by atoms with Crippen LogP contribution in [0.1, 0.15) is 21.6 Å². The highest BCUT2D eigenvalue weighted by atomic mass is 79.9. The fourth-order valence-corrected chi connectivity index (χ4v) is 2.17. The molecule has 0 saturated heterocycles. The number of anilines is 1. The van der Waals surface area contributed by atoms with Crippen LogP contribution in [-0.2, 0) is 11.3 Å². The van der Waals surface area contributed by atoms with Gasteiger partial charge in [0, 0.05) is 5.69 Å². The third-order valence-corrected chi connectivity index (χ3v) is 3.33. The van der Waals surface area contributed by atoms with Gasteiger partial charge >= 0.3 is 5.97 Å². The Balaban J connectivity index is 2.14. The number of hydrogen-bond donors (Lipinski definition) is 1. The Hall–Kier alpha value is -1.88. The summed E-state index contributed by atoms with van der Waals surface area (Å²) >= 11 is 3.34. The first-order chi connectivity index (χ1) is 9.60. The molecule has 1 heterocycles. The van der Waals surface area contributed by atoms with Gasteiger partial charge in [-0.15, -0.1) is 0 Å². The molecule has 0 amide bonds. The molecule has 0 unspecified atom stereocenters. The highest BCUT2D eigenvalue weighted by Gasteiger charge is 2.08. The molecule has 2 rings (SSSR count). The van der Waals surface area contributed by atoms with Crippen molar-refractivity contribution in [2.45, 2.75) is 13.5 Å². The molecule has 2 aromatic rings. The van der Waals surface area contributed by atoms with E-state index in [2.05, 4.69) is 26.2 Å². The molecule has 1 N–H and O–H groups in total. The van der Waals surface area contributed by atoms with Crippen molar-refractivity contribution in [3.8, 4) is 0 Å². The van der Waals surface area contributed by atoms with Crippen LogP contribution in [0.25, 0.3) is 0 Å². The number of halogens is 1. The molecule has 0 bridgehead atoms. The average molecular weight is 335 g/mol. The molecule has 0 radical (unpaired) electrons. The first-order valence-electron chi connectivity index (χ1n) is 6.14. The first-order valence-corrected chi connectivity index (χ1v) is 6.93. The fourth-order valence-electron chi connectivity index (χ4n) is 1.79. The van der Waals surface area contributed by atoms with Gasteiger partial charge in [-0.1, -0.05) is 12.1 Å². The number of rotatable bonds is 4. The van der Waals surface area contributed by atoms with E-state index in [0.717, 1.165) is 21.5 Å². The highest BCUT2D eigenvalue weighted by molar-refractivity contribution is 9.10. The van der Waals surface area contributed by atoms with Crippen molar-refractivity contribution in [3.63, 3.8) is 0 Å². The Morgan fingerprint density at radius 3 is 2.85 bits per heavy atom. The number of benzene rings is 1. The smallest absolute Gasteiger partial charge is 0.337 e. The minimum Gasteiger partial charge on any atom is -0.465 e. The van der Waals surface area contributed by atoms with Gasteiger partial charge in [-0.2, -0.15) is 0 Å². The molecule has 5 heteroatoms. The van der Waals surface area contributed by atoms with E-state index in [0.29, 0.717) is 12.1 Å². The van der Waals surface area contributed by atoms with Crippen molar-refractivity contribution >= 4 is 27.6 Å². The molecular formula is C15H15BrN2O2. The molecule has 0 spiro atoms. The average Bonchev–Trinajstić information content (AvgIpc) is 2.45. The highest BCUT2D eigenvalue weighted by Crippen LogP contribution is 2.18. The van der Waals surface area contributed by atoms with Gasteiger partial charge in [-0.3, -0.25) is 0 Å². The minimum absolute atomic E-state index is 0.339. The number of ether oxygens (including phenoxy) is 1. The SMILES string of the molecule is COC(=O)c1ccc(C)c(NCc2cccc(Br)n2)c1. The lowest BCUT2D eigenvalue weighted by atomic mass is 10.1. The Labute approximate surface area is 126 Å². The predicted octanol–water partition coefficient (Wildman–Crippen LogP) is 3.55. The zero-order valence-corrected chi connectivity index (χ0v) is 12.9. The summed E-state index contributed by atoms with van der Waals surface area (Å²) in [5, 5.41) is 3.28. The summed E-state index contributed by atoms with van der Waals surface area (Å²) in [7, 11) is 1.38. The number of aromatic nitrogens is 1. The molecule has 0 saturated carbocycles. The maximum Gasteiger partial charge on any atom is 0.337 e. The van der Waals surface area contributed by atoms with Crippen LogP contribution in [0.4, 0.5) is 5.69 Å². The molecule has 0 aliphatic rings. The van der Waals surface area contributed by atoms with Crippen LogP contribution in [0.15, 0.2) is 41.0 Å². The maximum absolute atomic E-state index is 11.5. The van der Waals surface area contributed by atoms with Crippen LogP contribution in [0, 0.1) is 6.92 Å². The van der Waals surface area contributed by atoms with E-state index in [1.165, 1.54) is 7.11 Å². The summed E-state index contributed by atoms with van der Waals surface area (Å²) in [6.45, 7) is 2.57. The zero-order chi connectivity index (χ0) is 14.5. The van der Waals surface area contributed by atoms with Crippen LogP contribution >= 0.6 is 15.9 Å². The van der Waals surface area contributed by atoms with E-state index in [4.69, 9.17) is 4.74 Å². The second kappa shape index (κ2) is 6.52. The van der Waals surface area contributed by atoms with Gasteiger partial charge in [-0.05, 0) is 52.7 Å². The molecule has 0 aliphatic carbocycles. The number of nitrogens with one attached hydrogen (secondary N) is 1. The third kappa shape index (κ3) is 3.57. The van der Waals surface area contributed by atoms with Crippen molar-refractivity contribution in [3.05, 3.63) is 57.8 Å². The Kier molecular flexibility index (Phi) is 4.74. The quantitative estimate of drug-likeness (QED) is 0.686. The molecular weight excluding hydrogens is 320 g/mol. The number of methoxy groups -OCH3 is 1. The van der Waals surface area contributed by atoms with E-state index in [1.54, 1.807) is 12.1 Å². The van der Waals surface area contributed by atoms with E-state index < -0.39 is 0 Å². The van der Waals surface area contributed by atoms with Gasteiger partial charge in [0.05, 0.1) is 24.9 Å². The summed E-state index contributed by atoms with van der Waals surface area (Å²) in [6.07, 6.45) is 0. The van der Waals surface area contributed by atoms with Gasteiger partial charge in [0.2, 0.25) is 0 Å². The zero-order valence-electron chi connectivity index (χ0n) is 11.3. The lowest BCUT2D eigenvalue weighted by Gasteiger charge is -2.11. The molecule has 0 atom stereocenters. The number of carbonyl (C=O) groups excluding carboxylic acids is 1. The van der Waals surface area contributed by atoms with Crippen molar-refractivity contribution in [2.24, 2.45) is 0 Å². The van der Waals surface area contributed by atoms with Crippen molar-refractivity contribution in [1.29, 1.82) is 0 Å². The van der Waals surface area contributed by atoms with E-state index >= 15 is 0 Å². The Morgan fingerprint density at radius 1 is 1.35 bits per heavy atom. The number of nitrogens with zero attached hydrogens (tertiary/aromatic N) is 1. The third-order valence-electron chi connectivity index (χ3n) is 2.89. The number of esters is 1. The van der Waals surface area contributed by atoms with E-state index in [-0.39, 0.29) is 5.97 Å². The number of aryl methyl sites for hydroxylation is 1. The normalized spacial score (nSPS) is 10.2. The first kappa shape index (κ1) is 14.5. The van der Waals surface area contributed by atoms with Crippen molar-refractivity contribution in [1.82, 2.24) is 4.98 Å². The standard InChI is InChI=1S/C15H15BrN2O2/c1-10-6-7-11(15(19)20-2)8-13(10)17-9-12-4-3-5-14(16)18-12/h3-8,17H,9H2,1-2H3. The largest absolute Gasteiger partial charge is 0.465 e. The summed E-state index contributed by atoms with van der Waals surface area (Å²) in [5.41, 5.74) is 3.41. The summed E-state index contributed by atoms with van der Waals surface area (Å²) in [5.74, 6) is -0.339. The summed E-state index contributed by atoms with van der Waals surface area (Å²) < 4.78 is 5.53. The molecule has 20 heavy (non-hydrogen) atoms. The van der Waals surface area contributed by atoms with Gasteiger partial charge in [0.1, 0.15) is 4.60 Å². The molecule has 1 aromatic heterocycles. The summed E-state index contributed by atoms with van der Waals surface area (Å²) in [6, 6.07) is 11.2. The number of hydrogen-bond acceptors (Lipinski definition) is 4. The van der Waals surface area contributed by atoms with Crippen molar-refractivity contribution in [2.75, 3.05) is 12.4 Å². The van der Waals surface area contributed by atoms with Gasteiger partial charge in [-0.25, -0.2) is 9.78 Å². The topological polar surface area (TPSA) is 51.2 Å². The van der Waals surface area contributed by atoms with Crippen LogP contribution in [0.3, 0.4) is 0 Å². The molecule has 104 valence electrons. The molecule has 0 fully saturated rings. The van der Waals surface area contributed by atoms with Crippen LogP contribution in [0.5, 0.6) is 0 Å². The predicted molar refractivity (Wildman–Crippen MR) is 81.8 cm³/mol. The van der Waals surface area contributed by atoms with E-state index in [9.17, 15) is 4.79 Å². The Morgan fingerprint density at radius 2 is 2.15 bits per heavy atom. The number of carbonyl (C=O) groups is 1. The molecule has 1 aromatic carbocycles. The lowest BCUT2D eigenvalue weighted by Crippen LogP contribution is -2.06. The van der Waals surface area contributed by atoms with E-state index in [1.807, 2.05) is 31.2 Å². The molecule has 0 aliphatic heterocycles.